The minimum atomic E-state index is 0.181. The van der Waals surface area contributed by atoms with Crippen LogP contribution < -0.4 is 5.32 Å². The lowest BCUT2D eigenvalue weighted by Crippen LogP contribution is -2.41. The molecule has 1 aliphatic carbocycles. The molecule has 1 aromatic heterocycles. The standard InChI is InChI=1S/C18H24N2O/c1-18(2)11-5-8-16(18)20-17(21)10-9-13-12-19-15-7-4-3-6-14(13)15/h3-4,6-7,12,16,19H,5,8-11H2,1-2H3,(H,20,21). The third kappa shape index (κ3) is 2.97. The molecule has 1 unspecified atom stereocenters. The maximum atomic E-state index is 12.2. The van der Waals surface area contributed by atoms with Crippen LogP contribution in [0.3, 0.4) is 0 Å². The van der Waals surface area contributed by atoms with Crippen LogP contribution in [-0.2, 0) is 11.2 Å². The van der Waals surface area contributed by atoms with Gasteiger partial charge in [0.25, 0.3) is 0 Å². The van der Waals surface area contributed by atoms with Crippen molar-refractivity contribution in [2.45, 2.75) is 52.0 Å². The van der Waals surface area contributed by atoms with Crippen molar-refractivity contribution in [1.82, 2.24) is 10.3 Å². The van der Waals surface area contributed by atoms with Crippen molar-refractivity contribution in [3.63, 3.8) is 0 Å². The minimum absolute atomic E-state index is 0.181. The van der Waals surface area contributed by atoms with Gasteiger partial charge in [-0.3, -0.25) is 4.79 Å². The molecule has 1 saturated carbocycles. The van der Waals surface area contributed by atoms with Gasteiger partial charge in [-0.05, 0) is 36.3 Å². The first-order chi connectivity index (χ1) is 10.1. The second kappa shape index (κ2) is 5.55. The number of amides is 1. The summed E-state index contributed by atoms with van der Waals surface area (Å²) >= 11 is 0. The average molecular weight is 284 g/mol. The second-order valence-electron chi connectivity index (χ2n) is 6.86. The lowest BCUT2D eigenvalue weighted by Gasteiger charge is -2.27. The number of benzene rings is 1. The quantitative estimate of drug-likeness (QED) is 0.881. The van der Waals surface area contributed by atoms with Crippen molar-refractivity contribution >= 4 is 16.8 Å². The van der Waals surface area contributed by atoms with E-state index in [9.17, 15) is 4.79 Å². The molecule has 0 saturated heterocycles. The Bertz CT molecular complexity index is 641. The first-order valence-electron chi connectivity index (χ1n) is 7.91. The molecule has 0 aliphatic heterocycles. The summed E-state index contributed by atoms with van der Waals surface area (Å²) in [6, 6.07) is 8.59. The minimum Gasteiger partial charge on any atom is -0.361 e. The smallest absolute Gasteiger partial charge is 0.220 e. The molecule has 1 amide bonds. The van der Waals surface area contributed by atoms with Gasteiger partial charge in [0.2, 0.25) is 5.91 Å². The van der Waals surface area contributed by atoms with Gasteiger partial charge in [-0.15, -0.1) is 0 Å². The molecule has 3 nitrogen and oxygen atoms in total. The zero-order valence-corrected chi connectivity index (χ0v) is 12.9. The zero-order valence-electron chi connectivity index (χ0n) is 12.9. The van der Waals surface area contributed by atoms with E-state index in [1.807, 2.05) is 18.3 Å². The molecule has 3 heteroatoms. The monoisotopic (exact) mass is 284 g/mol. The normalized spacial score (nSPS) is 20.8. The van der Waals surface area contributed by atoms with E-state index in [2.05, 4.69) is 36.3 Å². The highest BCUT2D eigenvalue weighted by Gasteiger charge is 2.35. The van der Waals surface area contributed by atoms with Crippen LogP contribution in [0, 0.1) is 5.41 Å². The molecular weight excluding hydrogens is 260 g/mol. The van der Waals surface area contributed by atoms with Gasteiger partial charge in [0, 0.05) is 29.6 Å². The highest BCUT2D eigenvalue weighted by molar-refractivity contribution is 5.84. The van der Waals surface area contributed by atoms with Crippen molar-refractivity contribution in [2.75, 3.05) is 0 Å². The second-order valence-corrected chi connectivity index (χ2v) is 6.86. The van der Waals surface area contributed by atoms with Crippen LogP contribution in [0.15, 0.2) is 30.5 Å². The van der Waals surface area contributed by atoms with E-state index < -0.39 is 0 Å². The summed E-state index contributed by atoms with van der Waals surface area (Å²) in [7, 11) is 0. The van der Waals surface area contributed by atoms with Gasteiger partial charge in [-0.1, -0.05) is 38.5 Å². The van der Waals surface area contributed by atoms with Crippen LogP contribution in [0.25, 0.3) is 10.9 Å². The van der Waals surface area contributed by atoms with Gasteiger partial charge >= 0.3 is 0 Å². The molecule has 1 aromatic carbocycles. The number of hydrogen-bond donors (Lipinski definition) is 2. The van der Waals surface area contributed by atoms with Crippen molar-refractivity contribution in [3.05, 3.63) is 36.0 Å². The molecule has 2 aromatic rings. The number of aromatic amines is 1. The van der Waals surface area contributed by atoms with E-state index in [1.165, 1.54) is 23.8 Å². The molecule has 0 spiro atoms. The first kappa shape index (κ1) is 14.2. The number of nitrogens with one attached hydrogen (secondary N) is 2. The molecule has 0 bridgehead atoms. The predicted molar refractivity (Wildman–Crippen MR) is 86.2 cm³/mol. The van der Waals surface area contributed by atoms with E-state index in [4.69, 9.17) is 0 Å². The van der Waals surface area contributed by atoms with Crippen LogP contribution in [0.2, 0.25) is 0 Å². The number of rotatable bonds is 4. The Hall–Kier alpha value is -1.77. The molecule has 0 radical (unpaired) electrons. The third-order valence-electron chi connectivity index (χ3n) is 4.89. The van der Waals surface area contributed by atoms with Gasteiger partial charge in [-0.2, -0.15) is 0 Å². The number of fused-ring (bicyclic) bond motifs is 1. The topological polar surface area (TPSA) is 44.9 Å². The molecule has 21 heavy (non-hydrogen) atoms. The summed E-state index contributed by atoms with van der Waals surface area (Å²) in [4.78, 5) is 15.5. The van der Waals surface area contributed by atoms with E-state index in [0.717, 1.165) is 18.4 Å². The Labute approximate surface area is 126 Å². The Morgan fingerprint density at radius 2 is 2.19 bits per heavy atom. The van der Waals surface area contributed by atoms with Crippen LogP contribution in [-0.4, -0.2) is 16.9 Å². The summed E-state index contributed by atoms with van der Waals surface area (Å²) in [5, 5.41) is 4.46. The Morgan fingerprint density at radius 3 is 2.95 bits per heavy atom. The van der Waals surface area contributed by atoms with Crippen LogP contribution in [0.1, 0.15) is 45.1 Å². The molecule has 1 aliphatic rings. The summed E-state index contributed by atoms with van der Waals surface area (Å²) in [6.45, 7) is 4.51. The first-order valence-corrected chi connectivity index (χ1v) is 7.91. The van der Waals surface area contributed by atoms with E-state index in [-0.39, 0.29) is 11.3 Å². The van der Waals surface area contributed by atoms with Crippen LogP contribution in [0.5, 0.6) is 0 Å². The van der Waals surface area contributed by atoms with Crippen molar-refractivity contribution < 1.29 is 4.79 Å². The van der Waals surface area contributed by atoms with Crippen molar-refractivity contribution in [2.24, 2.45) is 5.41 Å². The third-order valence-corrected chi connectivity index (χ3v) is 4.89. The summed E-state index contributed by atoms with van der Waals surface area (Å²) in [5.41, 5.74) is 2.62. The lowest BCUT2D eigenvalue weighted by molar-refractivity contribution is -0.122. The van der Waals surface area contributed by atoms with Gasteiger partial charge < -0.3 is 10.3 Å². The maximum absolute atomic E-state index is 12.2. The van der Waals surface area contributed by atoms with E-state index >= 15 is 0 Å². The van der Waals surface area contributed by atoms with E-state index in [1.54, 1.807) is 0 Å². The highest BCUT2D eigenvalue weighted by atomic mass is 16.1. The fraction of sp³-hybridized carbons (Fsp3) is 0.500. The molecule has 1 atom stereocenters. The molecule has 1 heterocycles. The maximum Gasteiger partial charge on any atom is 0.220 e. The van der Waals surface area contributed by atoms with Crippen LogP contribution in [0.4, 0.5) is 0 Å². The number of aromatic nitrogens is 1. The summed E-state index contributed by atoms with van der Waals surface area (Å²) in [6.07, 6.45) is 6.93. The van der Waals surface area contributed by atoms with Gasteiger partial charge in [-0.25, -0.2) is 0 Å². The molecule has 1 fully saturated rings. The number of para-hydroxylation sites is 1. The SMILES string of the molecule is CC1(C)CCCC1NC(=O)CCc1c[nH]c2ccccc12. The predicted octanol–water partition coefficient (Wildman–Crippen LogP) is 3.80. The Kier molecular flexibility index (Phi) is 3.75. The van der Waals surface area contributed by atoms with Gasteiger partial charge in [0.15, 0.2) is 0 Å². The highest BCUT2D eigenvalue weighted by Crippen LogP contribution is 2.37. The van der Waals surface area contributed by atoms with Gasteiger partial charge in [0.1, 0.15) is 0 Å². The Morgan fingerprint density at radius 1 is 1.38 bits per heavy atom. The zero-order chi connectivity index (χ0) is 14.9. The van der Waals surface area contributed by atoms with Gasteiger partial charge in [0.05, 0.1) is 0 Å². The summed E-state index contributed by atoms with van der Waals surface area (Å²) in [5.74, 6) is 0.181. The molecule has 3 rings (SSSR count). The summed E-state index contributed by atoms with van der Waals surface area (Å²) < 4.78 is 0. The molecule has 2 N–H and O–H groups in total. The number of H-pyrrole nitrogens is 1. The fourth-order valence-electron chi connectivity index (χ4n) is 3.45. The van der Waals surface area contributed by atoms with Crippen LogP contribution >= 0.6 is 0 Å². The number of hydrogen-bond acceptors (Lipinski definition) is 1. The molecular formula is C18H24N2O. The number of carbonyl (C=O) groups is 1. The van der Waals surface area contributed by atoms with Crippen molar-refractivity contribution in [1.29, 1.82) is 0 Å². The molecule has 112 valence electrons. The largest absolute Gasteiger partial charge is 0.361 e. The Balaban J connectivity index is 1.59. The van der Waals surface area contributed by atoms with Crippen molar-refractivity contribution in [3.8, 4) is 0 Å². The number of carbonyl (C=O) groups excluding carboxylic acids is 1. The average Bonchev–Trinajstić information content (AvgIpc) is 3.01. The fourth-order valence-corrected chi connectivity index (χ4v) is 3.45. The van der Waals surface area contributed by atoms with E-state index in [0.29, 0.717) is 12.5 Å². The lowest BCUT2D eigenvalue weighted by atomic mass is 9.87. The number of aryl methyl sites for hydroxylation is 1.